The van der Waals surface area contributed by atoms with E-state index in [0.717, 1.165) is 37.5 Å². The first-order valence-electron chi connectivity index (χ1n) is 6.59. The second-order valence-corrected chi connectivity index (χ2v) is 4.82. The highest BCUT2D eigenvalue weighted by Gasteiger charge is 2.22. The highest BCUT2D eigenvalue weighted by molar-refractivity contribution is 5.57. The second-order valence-electron chi connectivity index (χ2n) is 4.82. The number of anilines is 1. The van der Waals surface area contributed by atoms with Gasteiger partial charge >= 0.3 is 0 Å². The Labute approximate surface area is 107 Å². The van der Waals surface area contributed by atoms with Crippen molar-refractivity contribution in [3.05, 3.63) is 41.5 Å². The maximum atomic E-state index is 4.54. The average molecular weight is 242 g/mol. The van der Waals surface area contributed by atoms with E-state index in [2.05, 4.69) is 51.7 Å². The molecule has 0 amide bonds. The third-order valence-corrected chi connectivity index (χ3v) is 3.43. The monoisotopic (exact) mass is 242 g/mol. The highest BCUT2D eigenvalue weighted by Crippen LogP contribution is 2.32. The lowest BCUT2D eigenvalue weighted by molar-refractivity contribution is 0.715. The first kappa shape index (κ1) is 11.3. The smallest absolute Gasteiger partial charge is 0.150 e. The summed E-state index contributed by atoms with van der Waals surface area (Å²) < 4.78 is 0. The Morgan fingerprint density at radius 1 is 1.33 bits per heavy atom. The molecule has 3 rings (SSSR count). The lowest BCUT2D eigenvalue weighted by Gasteiger charge is -2.06. The number of aryl methyl sites for hydroxylation is 1. The Bertz CT molecular complexity index is 532. The zero-order chi connectivity index (χ0) is 12.4. The molecule has 1 aromatic heterocycles. The van der Waals surface area contributed by atoms with Crippen molar-refractivity contribution in [3.63, 3.8) is 0 Å². The fourth-order valence-electron chi connectivity index (χ4n) is 2.53. The van der Waals surface area contributed by atoms with Gasteiger partial charge in [-0.3, -0.25) is 5.10 Å². The van der Waals surface area contributed by atoms with Crippen molar-refractivity contribution >= 4 is 5.69 Å². The maximum Gasteiger partial charge on any atom is 0.150 e. The number of fused-ring (bicyclic) bond motifs is 1. The van der Waals surface area contributed by atoms with Gasteiger partial charge in [-0.1, -0.05) is 25.1 Å². The number of hydrogen-bond acceptors (Lipinski definition) is 3. The fraction of sp³-hybridized carbons (Fsp3) is 0.429. The minimum Gasteiger partial charge on any atom is -0.384 e. The Morgan fingerprint density at radius 2 is 2.22 bits per heavy atom. The second kappa shape index (κ2) is 4.80. The maximum absolute atomic E-state index is 4.54. The van der Waals surface area contributed by atoms with Crippen molar-refractivity contribution in [2.75, 3.05) is 11.9 Å². The molecule has 2 aromatic rings. The van der Waals surface area contributed by atoms with Gasteiger partial charge in [0.25, 0.3) is 0 Å². The van der Waals surface area contributed by atoms with Crippen LogP contribution in [0.2, 0.25) is 0 Å². The number of nitrogens with one attached hydrogen (secondary N) is 2. The van der Waals surface area contributed by atoms with Crippen molar-refractivity contribution in [3.8, 4) is 0 Å². The zero-order valence-corrected chi connectivity index (χ0v) is 10.6. The molecule has 2 N–H and O–H groups in total. The molecule has 0 fully saturated rings. The van der Waals surface area contributed by atoms with Gasteiger partial charge in [0.2, 0.25) is 0 Å². The van der Waals surface area contributed by atoms with Crippen molar-refractivity contribution in [1.82, 2.24) is 15.2 Å². The van der Waals surface area contributed by atoms with Crippen LogP contribution in [-0.2, 0) is 12.8 Å². The van der Waals surface area contributed by atoms with E-state index in [1.807, 2.05) is 0 Å². The summed E-state index contributed by atoms with van der Waals surface area (Å²) in [6.07, 6.45) is 2.97. The van der Waals surface area contributed by atoms with Crippen LogP contribution in [0.25, 0.3) is 0 Å². The van der Waals surface area contributed by atoms with Gasteiger partial charge in [-0.05, 0) is 18.1 Å². The molecule has 1 atom stereocenters. The van der Waals surface area contributed by atoms with Gasteiger partial charge in [0.1, 0.15) is 5.82 Å². The van der Waals surface area contributed by atoms with Gasteiger partial charge in [0.05, 0.1) is 0 Å². The van der Waals surface area contributed by atoms with Gasteiger partial charge in [-0.25, -0.2) is 4.98 Å². The van der Waals surface area contributed by atoms with Crippen molar-refractivity contribution < 1.29 is 0 Å². The van der Waals surface area contributed by atoms with Crippen LogP contribution in [0.15, 0.2) is 24.3 Å². The van der Waals surface area contributed by atoms with E-state index in [9.17, 15) is 0 Å². The molecule has 0 radical (unpaired) electrons. The third-order valence-electron chi connectivity index (χ3n) is 3.43. The molecule has 94 valence electrons. The average Bonchev–Trinajstić information content (AvgIpc) is 2.99. The number of rotatable bonds is 4. The Balaban J connectivity index is 1.73. The summed E-state index contributed by atoms with van der Waals surface area (Å²) in [4.78, 5) is 4.54. The molecule has 18 heavy (non-hydrogen) atoms. The number of H-pyrrole nitrogens is 1. The predicted molar refractivity (Wildman–Crippen MR) is 71.8 cm³/mol. The Kier molecular flexibility index (Phi) is 3.00. The van der Waals surface area contributed by atoms with E-state index in [0.29, 0.717) is 5.92 Å². The Hall–Kier alpha value is -1.84. The zero-order valence-electron chi connectivity index (χ0n) is 10.6. The highest BCUT2D eigenvalue weighted by atomic mass is 15.2. The lowest BCUT2D eigenvalue weighted by atomic mass is 9.98. The van der Waals surface area contributed by atoms with Gasteiger partial charge < -0.3 is 5.32 Å². The molecule has 2 heterocycles. The SMILES string of the molecule is CCCc1n[nH]c(CC2CNc3ccccc32)n1. The molecular weight excluding hydrogens is 224 g/mol. The molecule has 4 heteroatoms. The summed E-state index contributed by atoms with van der Waals surface area (Å²) in [5.74, 6) is 2.44. The summed E-state index contributed by atoms with van der Waals surface area (Å²) in [5.41, 5.74) is 2.65. The van der Waals surface area contributed by atoms with Crippen LogP contribution in [-0.4, -0.2) is 21.7 Å². The van der Waals surface area contributed by atoms with Crippen molar-refractivity contribution in [1.29, 1.82) is 0 Å². The summed E-state index contributed by atoms with van der Waals surface area (Å²) in [5, 5.41) is 10.7. The van der Waals surface area contributed by atoms with Gasteiger partial charge in [0.15, 0.2) is 5.82 Å². The van der Waals surface area contributed by atoms with Crippen LogP contribution < -0.4 is 5.32 Å². The van der Waals surface area contributed by atoms with Gasteiger partial charge in [0, 0.05) is 31.0 Å². The molecular formula is C14H18N4. The van der Waals surface area contributed by atoms with Crippen LogP contribution in [0.5, 0.6) is 0 Å². The van der Waals surface area contributed by atoms with Crippen molar-refractivity contribution in [2.24, 2.45) is 0 Å². The van der Waals surface area contributed by atoms with Crippen LogP contribution in [0.3, 0.4) is 0 Å². The minimum absolute atomic E-state index is 0.503. The van der Waals surface area contributed by atoms with Gasteiger partial charge in [-0.2, -0.15) is 5.10 Å². The standard InChI is InChI=1S/C14H18N4/c1-2-5-13-16-14(18-17-13)8-10-9-15-12-7-4-3-6-11(10)12/h3-4,6-7,10,15H,2,5,8-9H2,1H3,(H,16,17,18). The number of para-hydroxylation sites is 1. The van der Waals surface area contributed by atoms with E-state index in [1.165, 1.54) is 11.3 Å². The molecule has 1 unspecified atom stereocenters. The number of nitrogens with zero attached hydrogens (tertiary/aromatic N) is 2. The summed E-state index contributed by atoms with van der Waals surface area (Å²) in [6.45, 7) is 3.14. The molecule has 0 spiro atoms. The fourth-order valence-corrected chi connectivity index (χ4v) is 2.53. The van der Waals surface area contributed by atoms with E-state index in [-0.39, 0.29) is 0 Å². The third kappa shape index (κ3) is 2.10. The van der Waals surface area contributed by atoms with E-state index in [4.69, 9.17) is 0 Å². The normalized spacial score (nSPS) is 17.5. The van der Waals surface area contributed by atoms with Crippen LogP contribution >= 0.6 is 0 Å². The van der Waals surface area contributed by atoms with Crippen LogP contribution in [0.4, 0.5) is 5.69 Å². The van der Waals surface area contributed by atoms with Crippen LogP contribution in [0, 0.1) is 0 Å². The molecule has 1 aliphatic rings. The first-order chi connectivity index (χ1) is 8.86. The topological polar surface area (TPSA) is 53.6 Å². The predicted octanol–water partition coefficient (Wildman–Crippen LogP) is 2.51. The summed E-state index contributed by atoms with van der Waals surface area (Å²) in [7, 11) is 0. The number of benzene rings is 1. The summed E-state index contributed by atoms with van der Waals surface area (Å²) >= 11 is 0. The van der Waals surface area contributed by atoms with Gasteiger partial charge in [-0.15, -0.1) is 0 Å². The quantitative estimate of drug-likeness (QED) is 0.866. The molecule has 0 aliphatic carbocycles. The lowest BCUT2D eigenvalue weighted by Crippen LogP contribution is -2.06. The summed E-state index contributed by atoms with van der Waals surface area (Å²) in [6, 6.07) is 8.51. The molecule has 0 bridgehead atoms. The van der Waals surface area contributed by atoms with Crippen molar-refractivity contribution in [2.45, 2.75) is 32.1 Å². The first-order valence-corrected chi connectivity index (χ1v) is 6.59. The number of aromatic nitrogens is 3. The van der Waals surface area contributed by atoms with E-state index in [1.54, 1.807) is 0 Å². The van der Waals surface area contributed by atoms with E-state index >= 15 is 0 Å². The molecule has 1 aliphatic heterocycles. The molecule has 1 aromatic carbocycles. The number of hydrogen-bond donors (Lipinski definition) is 2. The van der Waals surface area contributed by atoms with E-state index < -0.39 is 0 Å². The molecule has 0 saturated heterocycles. The Morgan fingerprint density at radius 3 is 3.11 bits per heavy atom. The molecule has 4 nitrogen and oxygen atoms in total. The van der Waals surface area contributed by atoms with Crippen LogP contribution in [0.1, 0.15) is 36.5 Å². The minimum atomic E-state index is 0.503. The largest absolute Gasteiger partial charge is 0.384 e. The molecule has 0 saturated carbocycles. The number of aromatic amines is 1.